The maximum atomic E-state index is 12.6. The van der Waals surface area contributed by atoms with Crippen molar-refractivity contribution in [3.63, 3.8) is 0 Å². The van der Waals surface area contributed by atoms with Crippen LogP contribution in [0.25, 0.3) is 0 Å². The van der Waals surface area contributed by atoms with Gasteiger partial charge in [0.1, 0.15) is 11.9 Å². The molecule has 1 aromatic heterocycles. The Kier molecular flexibility index (Phi) is 6.08. The zero-order valence-electron chi connectivity index (χ0n) is 17.9. The van der Waals surface area contributed by atoms with Crippen LogP contribution in [0.1, 0.15) is 18.1 Å². The van der Waals surface area contributed by atoms with E-state index in [-0.39, 0.29) is 18.4 Å². The SMILES string of the molecule is COc1ccc(N2CCN(C(=O)Cc3n[nH]c(C)n3)CC2)cc1OC1CCN(C)C1. The first kappa shape index (κ1) is 20.5. The summed E-state index contributed by atoms with van der Waals surface area (Å²) in [7, 11) is 3.78. The molecular weight excluding hydrogens is 384 g/mol. The number of carbonyl (C=O) groups is 1. The molecule has 4 rings (SSSR count). The van der Waals surface area contributed by atoms with Crippen molar-refractivity contribution in [2.24, 2.45) is 0 Å². The Balaban J connectivity index is 1.36. The second-order valence-corrected chi connectivity index (χ2v) is 8.01. The molecule has 1 atom stereocenters. The lowest BCUT2D eigenvalue weighted by Crippen LogP contribution is -2.49. The van der Waals surface area contributed by atoms with Gasteiger partial charge in [-0.25, -0.2) is 4.98 Å². The maximum absolute atomic E-state index is 12.6. The summed E-state index contributed by atoms with van der Waals surface area (Å²) in [6, 6.07) is 6.08. The number of aromatic amines is 1. The highest BCUT2D eigenvalue weighted by Crippen LogP contribution is 2.34. The highest BCUT2D eigenvalue weighted by Gasteiger charge is 2.25. The number of H-pyrrole nitrogens is 1. The largest absolute Gasteiger partial charge is 0.493 e. The van der Waals surface area contributed by atoms with Crippen molar-refractivity contribution in [2.75, 3.05) is 58.3 Å². The third-order valence-corrected chi connectivity index (χ3v) is 5.74. The van der Waals surface area contributed by atoms with Crippen molar-refractivity contribution in [1.82, 2.24) is 25.0 Å². The van der Waals surface area contributed by atoms with Crippen LogP contribution < -0.4 is 14.4 Å². The number of nitrogens with one attached hydrogen (secondary N) is 1. The number of benzene rings is 1. The molecule has 2 saturated heterocycles. The van der Waals surface area contributed by atoms with Crippen LogP contribution in [0, 0.1) is 6.92 Å². The van der Waals surface area contributed by atoms with Gasteiger partial charge in [0.15, 0.2) is 17.3 Å². The van der Waals surface area contributed by atoms with Crippen LogP contribution in [-0.2, 0) is 11.2 Å². The predicted molar refractivity (Wildman–Crippen MR) is 113 cm³/mol. The minimum Gasteiger partial charge on any atom is -0.493 e. The molecule has 0 spiro atoms. The molecule has 0 saturated carbocycles. The first-order valence-electron chi connectivity index (χ1n) is 10.5. The first-order chi connectivity index (χ1) is 14.5. The molecule has 9 heteroatoms. The summed E-state index contributed by atoms with van der Waals surface area (Å²) in [6.45, 7) is 6.72. The number of ether oxygens (including phenoxy) is 2. The first-order valence-corrected chi connectivity index (χ1v) is 10.5. The normalized spacial score (nSPS) is 19.9. The third kappa shape index (κ3) is 4.67. The van der Waals surface area contributed by atoms with Gasteiger partial charge in [0.25, 0.3) is 0 Å². The van der Waals surface area contributed by atoms with Crippen molar-refractivity contribution < 1.29 is 14.3 Å². The molecule has 2 aliphatic rings. The molecule has 0 radical (unpaired) electrons. The minimum atomic E-state index is 0.0674. The molecule has 30 heavy (non-hydrogen) atoms. The van der Waals surface area contributed by atoms with Gasteiger partial charge in [-0.1, -0.05) is 0 Å². The standard InChI is InChI=1S/C21H30N6O3/c1-15-22-20(24-23-15)13-21(28)27-10-8-26(9-11-27)16-4-5-18(29-3)19(12-16)30-17-6-7-25(2)14-17/h4-5,12,17H,6-11,13-14H2,1-3H3,(H,22,23,24). The molecule has 1 unspecified atom stereocenters. The molecule has 1 amide bonds. The van der Waals surface area contributed by atoms with Gasteiger partial charge in [-0.3, -0.25) is 9.89 Å². The molecular formula is C21H30N6O3. The second kappa shape index (κ2) is 8.91. The summed E-state index contributed by atoms with van der Waals surface area (Å²) < 4.78 is 11.8. The number of hydrogen-bond donors (Lipinski definition) is 1. The van der Waals surface area contributed by atoms with Gasteiger partial charge in [-0.2, -0.15) is 5.10 Å². The lowest BCUT2D eigenvalue weighted by Gasteiger charge is -2.36. The monoisotopic (exact) mass is 414 g/mol. The van der Waals surface area contributed by atoms with Crippen LogP contribution in [0.5, 0.6) is 11.5 Å². The van der Waals surface area contributed by atoms with Crippen molar-refractivity contribution in [3.8, 4) is 11.5 Å². The van der Waals surface area contributed by atoms with E-state index in [2.05, 4.69) is 44.2 Å². The fraction of sp³-hybridized carbons (Fsp3) is 0.571. The number of anilines is 1. The van der Waals surface area contributed by atoms with E-state index in [4.69, 9.17) is 9.47 Å². The number of methoxy groups -OCH3 is 1. The van der Waals surface area contributed by atoms with Gasteiger partial charge in [0.05, 0.1) is 13.5 Å². The van der Waals surface area contributed by atoms with Gasteiger partial charge in [0, 0.05) is 51.0 Å². The average molecular weight is 415 g/mol. The summed E-state index contributed by atoms with van der Waals surface area (Å²) in [5.41, 5.74) is 1.09. The van der Waals surface area contributed by atoms with E-state index in [1.54, 1.807) is 7.11 Å². The lowest BCUT2D eigenvalue weighted by molar-refractivity contribution is -0.130. The highest BCUT2D eigenvalue weighted by molar-refractivity contribution is 5.78. The van der Waals surface area contributed by atoms with Crippen molar-refractivity contribution in [1.29, 1.82) is 0 Å². The molecule has 0 aliphatic carbocycles. The Morgan fingerprint density at radius 2 is 2.00 bits per heavy atom. The van der Waals surface area contributed by atoms with Crippen LogP contribution >= 0.6 is 0 Å². The number of rotatable bonds is 6. The van der Waals surface area contributed by atoms with Crippen LogP contribution in [0.3, 0.4) is 0 Å². The molecule has 0 bridgehead atoms. The molecule has 1 N–H and O–H groups in total. The number of piperazine rings is 1. The lowest BCUT2D eigenvalue weighted by atomic mass is 10.2. The zero-order chi connectivity index (χ0) is 21.1. The molecule has 2 fully saturated rings. The van der Waals surface area contributed by atoms with Crippen LogP contribution in [0.15, 0.2) is 18.2 Å². The molecule has 3 heterocycles. The van der Waals surface area contributed by atoms with Gasteiger partial charge < -0.3 is 24.2 Å². The summed E-state index contributed by atoms with van der Waals surface area (Å²) in [4.78, 5) is 23.2. The van der Waals surface area contributed by atoms with E-state index in [1.165, 1.54) is 0 Å². The highest BCUT2D eigenvalue weighted by atomic mass is 16.5. The number of aromatic nitrogens is 3. The van der Waals surface area contributed by atoms with Crippen LogP contribution in [-0.4, -0.2) is 90.4 Å². The van der Waals surface area contributed by atoms with Gasteiger partial charge in [0.2, 0.25) is 5.91 Å². The van der Waals surface area contributed by atoms with Gasteiger partial charge in [-0.15, -0.1) is 0 Å². The van der Waals surface area contributed by atoms with E-state index in [9.17, 15) is 4.79 Å². The summed E-state index contributed by atoms with van der Waals surface area (Å²) in [5.74, 6) is 2.88. The number of likely N-dealkylation sites (tertiary alicyclic amines) is 1. The van der Waals surface area contributed by atoms with E-state index in [0.717, 1.165) is 55.6 Å². The topological polar surface area (TPSA) is 86.8 Å². The van der Waals surface area contributed by atoms with Gasteiger partial charge >= 0.3 is 0 Å². The van der Waals surface area contributed by atoms with Crippen molar-refractivity contribution in [3.05, 3.63) is 29.8 Å². The quantitative estimate of drug-likeness (QED) is 0.757. The fourth-order valence-corrected chi connectivity index (χ4v) is 4.05. The van der Waals surface area contributed by atoms with Gasteiger partial charge in [-0.05, 0) is 32.5 Å². The summed E-state index contributed by atoms with van der Waals surface area (Å²) >= 11 is 0. The van der Waals surface area contributed by atoms with Crippen LogP contribution in [0.2, 0.25) is 0 Å². The Hall–Kier alpha value is -2.81. The molecule has 162 valence electrons. The van der Waals surface area contributed by atoms with E-state index in [0.29, 0.717) is 18.9 Å². The Morgan fingerprint density at radius 3 is 2.63 bits per heavy atom. The summed E-state index contributed by atoms with van der Waals surface area (Å²) in [6.07, 6.45) is 1.45. The number of likely N-dealkylation sites (N-methyl/N-ethyl adjacent to an activating group) is 1. The number of hydrogen-bond acceptors (Lipinski definition) is 7. The molecule has 2 aromatic rings. The molecule has 1 aromatic carbocycles. The summed E-state index contributed by atoms with van der Waals surface area (Å²) in [5, 5.41) is 6.85. The van der Waals surface area contributed by atoms with E-state index >= 15 is 0 Å². The number of nitrogens with zero attached hydrogens (tertiary/aromatic N) is 5. The van der Waals surface area contributed by atoms with E-state index < -0.39 is 0 Å². The van der Waals surface area contributed by atoms with E-state index in [1.807, 2.05) is 17.9 Å². The smallest absolute Gasteiger partial charge is 0.230 e. The second-order valence-electron chi connectivity index (χ2n) is 8.01. The maximum Gasteiger partial charge on any atom is 0.230 e. The Bertz CT molecular complexity index is 877. The zero-order valence-corrected chi connectivity index (χ0v) is 17.9. The van der Waals surface area contributed by atoms with Crippen molar-refractivity contribution in [2.45, 2.75) is 25.9 Å². The average Bonchev–Trinajstić information content (AvgIpc) is 3.35. The number of aryl methyl sites for hydroxylation is 1. The molecule has 2 aliphatic heterocycles. The number of amides is 1. The van der Waals surface area contributed by atoms with Crippen LogP contribution in [0.4, 0.5) is 5.69 Å². The minimum absolute atomic E-state index is 0.0674. The van der Waals surface area contributed by atoms with Crippen molar-refractivity contribution >= 4 is 11.6 Å². The Morgan fingerprint density at radius 1 is 1.20 bits per heavy atom. The number of carbonyl (C=O) groups excluding carboxylic acids is 1. The fourth-order valence-electron chi connectivity index (χ4n) is 4.05. The predicted octanol–water partition coefficient (Wildman–Crippen LogP) is 1.10. The third-order valence-electron chi connectivity index (χ3n) is 5.74. The molecule has 9 nitrogen and oxygen atoms in total. The Labute approximate surface area is 177 Å².